The fraction of sp³-hybridized carbons (Fsp3) is 0.250. The van der Waals surface area contributed by atoms with Gasteiger partial charge < -0.3 is 24.8 Å². The average molecular weight is 288 g/mol. The molecule has 3 N–H and O–H groups in total. The molecule has 0 saturated heterocycles. The van der Waals surface area contributed by atoms with Crippen LogP contribution in [0.3, 0.4) is 0 Å². The molecule has 0 fully saturated rings. The number of aliphatic hydroxyl groups is 3. The van der Waals surface area contributed by atoms with E-state index in [0.717, 1.165) is 0 Å². The van der Waals surface area contributed by atoms with Crippen molar-refractivity contribution in [1.82, 2.24) is 0 Å². The van der Waals surface area contributed by atoms with E-state index in [4.69, 9.17) is 9.47 Å². The van der Waals surface area contributed by atoms with Crippen LogP contribution in [0.15, 0.2) is 54.6 Å². The number of aliphatic hydroxyl groups excluding tert-OH is 1. The van der Waals surface area contributed by atoms with Gasteiger partial charge >= 0.3 is 0 Å². The molecular weight excluding hydrogens is 272 g/mol. The van der Waals surface area contributed by atoms with Crippen LogP contribution in [0.1, 0.15) is 17.2 Å². The van der Waals surface area contributed by atoms with Gasteiger partial charge in [-0.2, -0.15) is 0 Å². The van der Waals surface area contributed by atoms with Crippen LogP contribution in [0.4, 0.5) is 0 Å². The summed E-state index contributed by atoms with van der Waals surface area (Å²) in [6.45, 7) is 0. The van der Waals surface area contributed by atoms with E-state index in [1.54, 1.807) is 54.6 Å². The number of rotatable bonds is 2. The highest BCUT2D eigenvalue weighted by Crippen LogP contribution is 2.49. The van der Waals surface area contributed by atoms with Crippen molar-refractivity contribution in [3.63, 3.8) is 0 Å². The van der Waals surface area contributed by atoms with Crippen LogP contribution in [-0.4, -0.2) is 28.2 Å². The van der Waals surface area contributed by atoms with E-state index in [-0.39, 0.29) is 11.3 Å². The molecule has 3 atom stereocenters. The third-order valence-corrected chi connectivity index (χ3v) is 3.80. The van der Waals surface area contributed by atoms with Crippen molar-refractivity contribution in [2.24, 2.45) is 0 Å². The van der Waals surface area contributed by atoms with E-state index in [0.29, 0.717) is 5.56 Å². The Hall–Kier alpha value is -1.92. The third kappa shape index (κ3) is 1.86. The second kappa shape index (κ2) is 4.82. The summed E-state index contributed by atoms with van der Waals surface area (Å²) in [5.41, 5.74) is 0.630. The average Bonchev–Trinajstić information content (AvgIpc) is 2.53. The van der Waals surface area contributed by atoms with Crippen LogP contribution in [-0.2, 0) is 10.5 Å². The summed E-state index contributed by atoms with van der Waals surface area (Å²) in [4.78, 5) is 0. The Balaban J connectivity index is 2.21. The molecule has 3 rings (SSSR count). The van der Waals surface area contributed by atoms with Crippen molar-refractivity contribution >= 4 is 0 Å². The number of ether oxygens (including phenoxy) is 2. The monoisotopic (exact) mass is 288 g/mol. The Labute approximate surface area is 122 Å². The lowest BCUT2D eigenvalue weighted by Crippen LogP contribution is -2.62. The van der Waals surface area contributed by atoms with Crippen molar-refractivity contribution in [3.8, 4) is 5.75 Å². The summed E-state index contributed by atoms with van der Waals surface area (Å²) in [7, 11) is 1.20. The van der Waals surface area contributed by atoms with Crippen LogP contribution in [0.5, 0.6) is 5.75 Å². The van der Waals surface area contributed by atoms with Crippen molar-refractivity contribution in [3.05, 3.63) is 65.7 Å². The highest BCUT2D eigenvalue weighted by atomic mass is 16.7. The number of fused-ring (bicyclic) bond motifs is 1. The first-order valence-corrected chi connectivity index (χ1v) is 6.54. The molecule has 5 heteroatoms. The van der Waals surface area contributed by atoms with Gasteiger partial charge in [0.1, 0.15) is 11.9 Å². The van der Waals surface area contributed by atoms with Gasteiger partial charge in [0.05, 0.1) is 0 Å². The SMILES string of the molecule is COC1(O)C(O)c2ccccc2OC1(O)c1ccccc1. The summed E-state index contributed by atoms with van der Waals surface area (Å²) < 4.78 is 10.7. The third-order valence-electron chi connectivity index (χ3n) is 3.80. The predicted octanol–water partition coefficient (Wildman–Crippen LogP) is 1.29. The van der Waals surface area contributed by atoms with Crippen LogP contribution in [0.2, 0.25) is 0 Å². The second-order valence-corrected chi connectivity index (χ2v) is 4.95. The lowest BCUT2D eigenvalue weighted by atomic mass is 9.86. The van der Waals surface area contributed by atoms with E-state index >= 15 is 0 Å². The molecule has 0 radical (unpaired) electrons. The molecule has 0 spiro atoms. The molecule has 0 aliphatic carbocycles. The Kier molecular flexibility index (Phi) is 3.22. The lowest BCUT2D eigenvalue weighted by molar-refractivity contribution is -0.400. The van der Waals surface area contributed by atoms with Gasteiger partial charge in [0, 0.05) is 18.2 Å². The van der Waals surface area contributed by atoms with E-state index in [1.807, 2.05) is 0 Å². The molecule has 3 unspecified atom stereocenters. The fourth-order valence-electron chi connectivity index (χ4n) is 2.61. The first-order valence-electron chi connectivity index (χ1n) is 6.54. The first-order chi connectivity index (χ1) is 10.0. The van der Waals surface area contributed by atoms with E-state index in [2.05, 4.69) is 0 Å². The minimum atomic E-state index is -2.33. The number of para-hydroxylation sites is 1. The lowest BCUT2D eigenvalue weighted by Gasteiger charge is -2.47. The highest BCUT2D eigenvalue weighted by molar-refractivity contribution is 5.42. The maximum atomic E-state index is 10.9. The second-order valence-electron chi connectivity index (χ2n) is 4.95. The summed E-state index contributed by atoms with van der Waals surface area (Å²) in [6, 6.07) is 15.0. The Morgan fingerprint density at radius 1 is 1.00 bits per heavy atom. The number of methoxy groups -OCH3 is 1. The molecule has 0 amide bonds. The van der Waals surface area contributed by atoms with Crippen LogP contribution in [0.25, 0.3) is 0 Å². The van der Waals surface area contributed by atoms with Gasteiger partial charge in [0.15, 0.2) is 0 Å². The summed E-state index contributed by atoms with van der Waals surface area (Å²) in [6.07, 6.45) is -1.46. The minimum absolute atomic E-state index is 0.280. The summed E-state index contributed by atoms with van der Waals surface area (Å²) >= 11 is 0. The smallest absolute Gasteiger partial charge is 0.292 e. The van der Waals surface area contributed by atoms with Crippen molar-refractivity contribution in [1.29, 1.82) is 0 Å². The Bertz CT molecular complexity index is 644. The molecular formula is C16H16O5. The molecule has 0 aromatic heterocycles. The minimum Gasteiger partial charge on any atom is -0.452 e. The van der Waals surface area contributed by atoms with Crippen molar-refractivity contribution < 1.29 is 24.8 Å². The summed E-state index contributed by atoms with van der Waals surface area (Å²) in [5.74, 6) is -4.27. The van der Waals surface area contributed by atoms with Gasteiger partial charge in [-0.3, -0.25) is 0 Å². The van der Waals surface area contributed by atoms with Gasteiger partial charge in [0.25, 0.3) is 11.6 Å². The molecule has 2 aromatic carbocycles. The molecule has 2 aromatic rings. The van der Waals surface area contributed by atoms with Crippen LogP contribution >= 0.6 is 0 Å². The number of benzene rings is 2. The standard InChI is InChI=1S/C16H16O5/c1-20-16(19)14(17)12-9-5-6-10-13(12)21-15(16,18)11-7-3-2-4-8-11/h2-10,14,17-19H,1H3. The topological polar surface area (TPSA) is 79.2 Å². The fourth-order valence-corrected chi connectivity index (χ4v) is 2.61. The van der Waals surface area contributed by atoms with E-state index < -0.39 is 17.7 Å². The zero-order valence-corrected chi connectivity index (χ0v) is 11.4. The first kappa shape index (κ1) is 14.0. The molecule has 0 bridgehead atoms. The van der Waals surface area contributed by atoms with Crippen molar-refractivity contribution in [2.45, 2.75) is 17.7 Å². The molecule has 1 aliphatic heterocycles. The van der Waals surface area contributed by atoms with Gasteiger partial charge in [0.2, 0.25) is 0 Å². The predicted molar refractivity (Wildman–Crippen MR) is 74.3 cm³/mol. The number of hydrogen-bond acceptors (Lipinski definition) is 5. The maximum Gasteiger partial charge on any atom is 0.292 e. The normalized spacial score (nSPS) is 31.3. The quantitative estimate of drug-likeness (QED) is 0.726. The van der Waals surface area contributed by atoms with E-state index in [9.17, 15) is 15.3 Å². The molecule has 5 nitrogen and oxygen atoms in total. The van der Waals surface area contributed by atoms with Crippen LogP contribution in [0, 0.1) is 0 Å². The van der Waals surface area contributed by atoms with Gasteiger partial charge in [-0.15, -0.1) is 0 Å². The Morgan fingerprint density at radius 2 is 1.62 bits per heavy atom. The summed E-state index contributed by atoms with van der Waals surface area (Å²) in [5, 5.41) is 32.1. The molecule has 0 saturated carbocycles. The molecule has 1 heterocycles. The number of hydrogen-bond donors (Lipinski definition) is 3. The zero-order chi connectivity index (χ0) is 15.1. The zero-order valence-electron chi connectivity index (χ0n) is 11.4. The molecule has 1 aliphatic rings. The van der Waals surface area contributed by atoms with Gasteiger partial charge in [-0.05, 0) is 6.07 Å². The van der Waals surface area contributed by atoms with Crippen LogP contribution < -0.4 is 4.74 Å². The van der Waals surface area contributed by atoms with Gasteiger partial charge in [-0.25, -0.2) is 0 Å². The molecule has 21 heavy (non-hydrogen) atoms. The Morgan fingerprint density at radius 3 is 2.29 bits per heavy atom. The van der Waals surface area contributed by atoms with E-state index in [1.165, 1.54) is 7.11 Å². The molecule has 110 valence electrons. The van der Waals surface area contributed by atoms with Gasteiger partial charge in [-0.1, -0.05) is 48.5 Å². The highest BCUT2D eigenvalue weighted by Gasteiger charge is 2.62. The largest absolute Gasteiger partial charge is 0.452 e. The maximum absolute atomic E-state index is 10.9. The van der Waals surface area contributed by atoms with Crippen molar-refractivity contribution in [2.75, 3.05) is 7.11 Å².